The highest BCUT2D eigenvalue weighted by atomic mass is 19.1. The first-order chi connectivity index (χ1) is 10.7. The first-order valence-electron chi connectivity index (χ1n) is 7.76. The average molecular weight is 304 g/mol. The normalized spacial score (nSPS) is 22.3. The summed E-state index contributed by atoms with van der Waals surface area (Å²) in [6.45, 7) is 3.48. The molecule has 1 atom stereocenters. The maximum Gasteiger partial charge on any atom is 0.224 e. The standard InChI is InChI=1S/C17H21FN2O2/c18-15-3-1-13(2-4-15)14-5-8-20(9-6-14)17(21)11-16-12-22-10-7-19-16/h1-5,16,19H,6-12H2/t16-/m0/s1. The number of carbonyl (C=O) groups excluding carboxylic acids is 1. The second-order valence-corrected chi connectivity index (χ2v) is 5.76. The van der Waals surface area contributed by atoms with Crippen molar-refractivity contribution in [3.63, 3.8) is 0 Å². The molecule has 4 nitrogen and oxygen atoms in total. The molecule has 3 rings (SSSR count). The van der Waals surface area contributed by atoms with E-state index in [-0.39, 0.29) is 17.8 Å². The first kappa shape index (κ1) is 15.2. The number of hydrogen-bond donors (Lipinski definition) is 1. The summed E-state index contributed by atoms with van der Waals surface area (Å²) in [4.78, 5) is 14.2. The molecule has 1 amide bonds. The van der Waals surface area contributed by atoms with Crippen molar-refractivity contribution in [2.45, 2.75) is 18.9 Å². The summed E-state index contributed by atoms with van der Waals surface area (Å²) < 4.78 is 18.3. The van der Waals surface area contributed by atoms with Crippen LogP contribution in [-0.4, -0.2) is 49.7 Å². The van der Waals surface area contributed by atoms with Crippen LogP contribution >= 0.6 is 0 Å². The van der Waals surface area contributed by atoms with Crippen LogP contribution in [0.15, 0.2) is 30.3 Å². The molecule has 1 aromatic carbocycles. The molecule has 2 aliphatic rings. The number of halogens is 1. The Balaban J connectivity index is 1.55. The summed E-state index contributed by atoms with van der Waals surface area (Å²) >= 11 is 0. The van der Waals surface area contributed by atoms with Gasteiger partial charge in [0.25, 0.3) is 0 Å². The number of rotatable bonds is 3. The molecule has 1 N–H and O–H groups in total. The highest BCUT2D eigenvalue weighted by Gasteiger charge is 2.22. The van der Waals surface area contributed by atoms with Crippen LogP contribution in [0.5, 0.6) is 0 Å². The van der Waals surface area contributed by atoms with E-state index < -0.39 is 0 Å². The van der Waals surface area contributed by atoms with Crippen LogP contribution in [0.2, 0.25) is 0 Å². The molecule has 0 spiro atoms. The number of carbonyl (C=O) groups is 1. The largest absolute Gasteiger partial charge is 0.378 e. The van der Waals surface area contributed by atoms with Crippen LogP contribution in [0.3, 0.4) is 0 Å². The van der Waals surface area contributed by atoms with Gasteiger partial charge in [0.05, 0.1) is 13.2 Å². The van der Waals surface area contributed by atoms with Crippen molar-refractivity contribution in [3.05, 3.63) is 41.7 Å². The van der Waals surface area contributed by atoms with Crippen LogP contribution in [0.25, 0.3) is 5.57 Å². The maximum absolute atomic E-state index is 13.0. The Kier molecular flexibility index (Phi) is 4.85. The van der Waals surface area contributed by atoms with Crippen LogP contribution in [0, 0.1) is 5.82 Å². The fraction of sp³-hybridized carbons (Fsp3) is 0.471. The van der Waals surface area contributed by atoms with E-state index in [1.54, 1.807) is 12.1 Å². The monoisotopic (exact) mass is 304 g/mol. The SMILES string of the molecule is O=C(C[C@H]1COCCN1)N1CC=C(c2ccc(F)cc2)CC1. The van der Waals surface area contributed by atoms with Gasteiger partial charge in [0, 0.05) is 32.1 Å². The fourth-order valence-electron chi connectivity index (χ4n) is 2.91. The molecule has 1 fully saturated rings. The molecule has 0 aromatic heterocycles. The zero-order chi connectivity index (χ0) is 15.4. The molecule has 1 aromatic rings. The molecule has 0 saturated carbocycles. The third kappa shape index (κ3) is 3.72. The zero-order valence-corrected chi connectivity index (χ0v) is 12.6. The number of benzene rings is 1. The predicted octanol–water partition coefficient (Wildman–Crippen LogP) is 1.82. The molecule has 118 valence electrons. The second kappa shape index (κ2) is 7.03. The molecule has 0 aliphatic carbocycles. The number of amides is 1. The van der Waals surface area contributed by atoms with Crippen molar-refractivity contribution in [1.29, 1.82) is 0 Å². The Hall–Kier alpha value is -1.72. The summed E-state index contributed by atoms with van der Waals surface area (Å²) in [5, 5.41) is 3.31. The topological polar surface area (TPSA) is 41.6 Å². The van der Waals surface area contributed by atoms with E-state index >= 15 is 0 Å². The van der Waals surface area contributed by atoms with Gasteiger partial charge in [-0.05, 0) is 29.7 Å². The molecule has 0 bridgehead atoms. The zero-order valence-electron chi connectivity index (χ0n) is 12.6. The predicted molar refractivity (Wildman–Crippen MR) is 82.8 cm³/mol. The van der Waals surface area contributed by atoms with Gasteiger partial charge in [-0.15, -0.1) is 0 Å². The lowest BCUT2D eigenvalue weighted by atomic mass is 9.99. The van der Waals surface area contributed by atoms with Crippen molar-refractivity contribution in [2.75, 3.05) is 32.8 Å². The number of morpholine rings is 1. The Morgan fingerprint density at radius 1 is 1.36 bits per heavy atom. The summed E-state index contributed by atoms with van der Waals surface area (Å²) in [5.41, 5.74) is 2.22. The molecule has 0 unspecified atom stereocenters. The van der Waals surface area contributed by atoms with E-state index in [9.17, 15) is 9.18 Å². The van der Waals surface area contributed by atoms with E-state index in [0.717, 1.165) is 31.7 Å². The van der Waals surface area contributed by atoms with Gasteiger partial charge in [-0.25, -0.2) is 4.39 Å². The maximum atomic E-state index is 13.0. The van der Waals surface area contributed by atoms with Crippen LogP contribution in [0.1, 0.15) is 18.4 Å². The second-order valence-electron chi connectivity index (χ2n) is 5.76. The quantitative estimate of drug-likeness (QED) is 0.926. The van der Waals surface area contributed by atoms with Crippen LogP contribution < -0.4 is 5.32 Å². The first-order valence-corrected chi connectivity index (χ1v) is 7.76. The fourth-order valence-corrected chi connectivity index (χ4v) is 2.91. The summed E-state index contributed by atoms with van der Waals surface area (Å²) in [7, 11) is 0. The minimum absolute atomic E-state index is 0.128. The Morgan fingerprint density at radius 2 is 2.18 bits per heavy atom. The van der Waals surface area contributed by atoms with Crippen LogP contribution in [0.4, 0.5) is 4.39 Å². The van der Waals surface area contributed by atoms with Gasteiger partial charge in [0.2, 0.25) is 5.91 Å². The van der Waals surface area contributed by atoms with E-state index in [4.69, 9.17) is 4.74 Å². The number of nitrogens with one attached hydrogen (secondary N) is 1. The lowest BCUT2D eigenvalue weighted by Crippen LogP contribution is -2.45. The highest BCUT2D eigenvalue weighted by molar-refractivity contribution is 5.78. The Labute approximate surface area is 129 Å². The molecular weight excluding hydrogens is 283 g/mol. The average Bonchev–Trinajstić information content (AvgIpc) is 2.57. The third-order valence-corrected chi connectivity index (χ3v) is 4.20. The highest BCUT2D eigenvalue weighted by Crippen LogP contribution is 2.23. The Bertz CT molecular complexity index is 550. The van der Waals surface area contributed by atoms with Crippen molar-refractivity contribution in [2.24, 2.45) is 0 Å². The lowest BCUT2D eigenvalue weighted by Gasteiger charge is -2.30. The molecule has 0 radical (unpaired) electrons. The van der Waals surface area contributed by atoms with Gasteiger partial charge in [0.1, 0.15) is 5.82 Å². The molecule has 2 aliphatic heterocycles. The Morgan fingerprint density at radius 3 is 2.82 bits per heavy atom. The van der Waals surface area contributed by atoms with Gasteiger partial charge < -0.3 is 15.0 Å². The minimum Gasteiger partial charge on any atom is -0.378 e. The van der Waals surface area contributed by atoms with E-state index in [2.05, 4.69) is 11.4 Å². The summed E-state index contributed by atoms with van der Waals surface area (Å²) in [6.07, 6.45) is 3.37. The van der Waals surface area contributed by atoms with Crippen LogP contribution in [-0.2, 0) is 9.53 Å². The van der Waals surface area contributed by atoms with E-state index in [1.165, 1.54) is 17.7 Å². The van der Waals surface area contributed by atoms with Gasteiger partial charge in [-0.1, -0.05) is 18.2 Å². The molecule has 1 saturated heterocycles. The van der Waals surface area contributed by atoms with Gasteiger partial charge in [0.15, 0.2) is 0 Å². The van der Waals surface area contributed by atoms with Gasteiger partial charge in [-0.2, -0.15) is 0 Å². The van der Waals surface area contributed by atoms with Crippen molar-refractivity contribution >= 4 is 11.5 Å². The van der Waals surface area contributed by atoms with E-state index in [0.29, 0.717) is 19.6 Å². The molecule has 2 heterocycles. The number of nitrogens with zero attached hydrogens (tertiary/aromatic N) is 1. The third-order valence-electron chi connectivity index (χ3n) is 4.20. The molecule has 5 heteroatoms. The summed E-state index contributed by atoms with van der Waals surface area (Å²) in [6, 6.07) is 6.66. The van der Waals surface area contributed by atoms with Crippen molar-refractivity contribution in [3.8, 4) is 0 Å². The summed E-state index contributed by atoms with van der Waals surface area (Å²) in [5.74, 6) is -0.0587. The van der Waals surface area contributed by atoms with E-state index in [1.807, 2.05) is 4.90 Å². The number of hydrogen-bond acceptors (Lipinski definition) is 3. The number of ether oxygens (including phenoxy) is 1. The van der Waals surface area contributed by atoms with Gasteiger partial charge in [-0.3, -0.25) is 4.79 Å². The molecular formula is C17H21FN2O2. The van der Waals surface area contributed by atoms with Gasteiger partial charge >= 0.3 is 0 Å². The van der Waals surface area contributed by atoms with Crippen molar-refractivity contribution < 1.29 is 13.9 Å². The molecule has 22 heavy (non-hydrogen) atoms. The van der Waals surface area contributed by atoms with Crippen molar-refractivity contribution in [1.82, 2.24) is 10.2 Å². The minimum atomic E-state index is -0.223. The lowest BCUT2D eigenvalue weighted by molar-refractivity contribution is -0.132. The smallest absolute Gasteiger partial charge is 0.224 e.